The van der Waals surface area contributed by atoms with Gasteiger partial charge in [0.2, 0.25) is 0 Å². The van der Waals surface area contributed by atoms with E-state index in [1.807, 2.05) is 13.8 Å². The fourth-order valence-electron chi connectivity index (χ4n) is 1.34. The molecule has 16 heavy (non-hydrogen) atoms. The van der Waals surface area contributed by atoms with Crippen molar-refractivity contribution in [1.82, 2.24) is 0 Å². The molecule has 0 fully saturated rings. The van der Waals surface area contributed by atoms with Gasteiger partial charge >= 0.3 is 0 Å². The van der Waals surface area contributed by atoms with E-state index < -0.39 is 11.5 Å². The zero-order valence-electron chi connectivity index (χ0n) is 9.40. The van der Waals surface area contributed by atoms with Crippen LogP contribution in [0.3, 0.4) is 0 Å². The topological polar surface area (TPSA) is 77.8 Å². The summed E-state index contributed by atoms with van der Waals surface area (Å²) in [6.07, 6.45) is 1.04. The van der Waals surface area contributed by atoms with Gasteiger partial charge in [-0.25, -0.2) is 0 Å². The molecule has 88 valence electrons. The van der Waals surface area contributed by atoms with Crippen LogP contribution in [-0.4, -0.2) is 21.1 Å². The first-order valence-electron chi connectivity index (χ1n) is 5.20. The molecule has 0 radical (unpaired) electrons. The lowest BCUT2D eigenvalue weighted by Crippen LogP contribution is -2.01. The third-order valence-electron chi connectivity index (χ3n) is 2.34. The summed E-state index contributed by atoms with van der Waals surface area (Å²) >= 11 is 0. The minimum Gasteiger partial charge on any atom is -0.507 e. The Hall–Kier alpha value is -1.71. The van der Waals surface area contributed by atoms with Crippen molar-refractivity contribution < 1.29 is 20.1 Å². The number of phenols is 3. The average molecular weight is 224 g/mol. The molecule has 0 spiro atoms. The molecule has 0 saturated heterocycles. The second-order valence-electron chi connectivity index (χ2n) is 4.21. The summed E-state index contributed by atoms with van der Waals surface area (Å²) < 4.78 is 0. The number of hydrogen-bond acceptors (Lipinski definition) is 4. The fraction of sp³-hybridized carbons (Fsp3) is 0.417. The van der Waals surface area contributed by atoms with E-state index in [0.29, 0.717) is 12.3 Å². The number of benzene rings is 1. The SMILES string of the molecule is CC(C)CCC(=O)c1cc(O)c(O)cc1O. The van der Waals surface area contributed by atoms with E-state index >= 15 is 0 Å². The number of ketones is 1. The first-order valence-corrected chi connectivity index (χ1v) is 5.20. The maximum atomic E-state index is 11.7. The summed E-state index contributed by atoms with van der Waals surface area (Å²) in [5.41, 5.74) is 0.0518. The van der Waals surface area contributed by atoms with Crippen molar-refractivity contribution >= 4 is 5.78 Å². The monoisotopic (exact) mass is 224 g/mol. The van der Waals surface area contributed by atoms with Gasteiger partial charge in [-0.05, 0) is 18.4 Å². The van der Waals surface area contributed by atoms with Crippen LogP contribution < -0.4 is 0 Å². The maximum absolute atomic E-state index is 11.7. The maximum Gasteiger partial charge on any atom is 0.166 e. The molecule has 1 aromatic carbocycles. The summed E-state index contributed by atoms with van der Waals surface area (Å²) in [5, 5.41) is 27.8. The van der Waals surface area contributed by atoms with Gasteiger partial charge < -0.3 is 15.3 Å². The van der Waals surface area contributed by atoms with E-state index in [2.05, 4.69) is 0 Å². The van der Waals surface area contributed by atoms with Gasteiger partial charge in [0.15, 0.2) is 17.3 Å². The lowest BCUT2D eigenvalue weighted by molar-refractivity contribution is 0.0972. The first-order chi connectivity index (χ1) is 7.41. The number of hydrogen-bond donors (Lipinski definition) is 3. The molecular formula is C12H16O4. The van der Waals surface area contributed by atoms with Crippen LogP contribution in [0.25, 0.3) is 0 Å². The van der Waals surface area contributed by atoms with Gasteiger partial charge in [0.1, 0.15) is 5.75 Å². The summed E-state index contributed by atoms with van der Waals surface area (Å²) in [6.45, 7) is 4.00. The normalized spacial score (nSPS) is 10.7. The highest BCUT2D eigenvalue weighted by Gasteiger charge is 2.15. The van der Waals surface area contributed by atoms with E-state index in [1.54, 1.807) is 0 Å². The summed E-state index contributed by atoms with van der Waals surface area (Å²) in [6, 6.07) is 2.06. The molecule has 0 aliphatic heterocycles. The highest BCUT2D eigenvalue weighted by molar-refractivity contribution is 5.99. The smallest absolute Gasteiger partial charge is 0.166 e. The standard InChI is InChI=1S/C12H16O4/c1-7(2)3-4-9(13)8-5-11(15)12(16)6-10(8)14/h5-7,14-16H,3-4H2,1-2H3. The summed E-state index contributed by atoms with van der Waals surface area (Å²) in [4.78, 5) is 11.7. The molecule has 4 nitrogen and oxygen atoms in total. The van der Waals surface area contributed by atoms with Gasteiger partial charge in [0.25, 0.3) is 0 Å². The van der Waals surface area contributed by atoms with Crippen molar-refractivity contribution in [2.24, 2.45) is 5.92 Å². The van der Waals surface area contributed by atoms with E-state index in [1.165, 1.54) is 0 Å². The van der Waals surface area contributed by atoms with E-state index in [0.717, 1.165) is 18.6 Å². The third kappa shape index (κ3) is 2.89. The Morgan fingerprint density at radius 3 is 2.25 bits per heavy atom. The second-order valence-corrected chi connectivity index (χ2v) is 4.21. The van der Waals surface area contributed by atoms with E-state index in [-0.39, 0.29) is 17.1 Å². The summed E-state index contributed by atoms with van der Waals surface area (Å²) in [5.74, 6) is -0.967. The molecule has 0 aliphatic carbocycles. The zero-order valence-corrected chi connectivity index (χ0v) is 9.40. The van der Waals surface area contributed by atoms with Crippen molar-refractivity contribution in [2.45, 2.75) is 26.7 Å². The van der Waals surface area contributed by atoms with Gasteiger partial charge in [-0.3, -0.25) is 4.79 Å². The van der Waals surface area contributed by atoms with Crippen molar-refractivity contribution in [2.75, 3.05) is 0 Å². The molecule has 0 unspecified atom stereocenters. The van der Waals surface area contributed by atoms with Gasteiger partial charge in [-0.15, -0.1) is 0 Å². The number of carbonyl (C=O) groups is 1. The molecule has 1 aromatic rings. The minimum atomic E-state index is -0.432. The predicted octanol–water partition coefficient (Wildman–Crippen LogP) is 2.42. The summed E-state index contributed by atoms with van der Waals surface area (Å²) in [7, 11) is 0. The lowest BCUT2D eigenvalue weighted by atomic mass is 10.0. The number of carbonyl (C=O) groups excluding carboxylic acids is 1. The third-order valence-corrected chi connectivity index (χ3v) is 2.34. The molecule has 0 atom stereocenters. The predicted molar refractivity (Wildman–Crippen MR) is 59.8 cm³/mol. The van der Waals surface area contributed by atoms with Crippen LogP contribution in [0.2, 0.25) is 0 Å². The minimum absolute atomic E-state index is 0.0518. The van der Waals surface area contributed by atoms with Gasteiger partial charge in [-0.1, -0.05) is 13.8 Å². The Morgan fingerprint density at radius 1 is 1.12 bits per heavy atom. The zero-order chi connectivity index (χ0) is 12.3. The highest BCUT2D eigenvalue weighted by Crippen LogP contribution is 2.33. The van der Waals surface area contributed by atoms with Gasteiger partial charge in [0, 0.05) is 12.5 Å². The van der Waals surface area contributed by atoms with Gasteiger partial charge in [-0.2, -0.15) is 0 Å². The molecule has 1 rings (SSSR count). The Morgan fingerprint density at radius 2 is 1.69 bits per heavy atom. The molecule has 0 aromatic heterocycles. The number of aromatic hydroxyl groups is 3. The van der Waals surface area contributed by atoms with Crippen molar-refractivity contribution in [3.8, 4) is 17.2 Å². The Balaban J connectivity index is 2.87. The van der Waals surface area contributed by atoms with Crippen LogP contribution in [0.1, 0.15) is 37.0 Å². The molecule has 0 amide bonds. The van der Waals surface area contributed by atoms with Crippen molar-refractivity contribution in [3.05, 3.63) is 17.7 Å². The van der Waals surface area contributed by atoms with Crippen LogP contribution in [-0.2, 0) is 0 Å². The molecule has 0 aliphatic rings. The second kappa shape index (κ2) is 4.88. The van der Waals surface area contributed by atoms with Crippen molar-refractivity contribution in [3.63, 3.8) is 0 Å². The fourth-order valence-corrected chi connectivity index (χ4v) is 1.34. The number of phenolic OH excluding ortho intramolecular Hbond substituents is 3. The van der Waals surface area contributed by atoms with Crippen LogP contribution in [0, 0.1) is 5.92 Å². The molecule has 0 saturated carbocycles. The van der Waals surface area contributed by atoms with E-state index in [4.69, 9.17) is 5.11 Å². The lowest BCUT2D eigenvalue weighted by Gasteiger charge is -2.07. The Kier molecular flexibility index (Phi) is 3.77. The van der Waals surface area contributed by atoms with Gasteiger partial charge in [0.05, 0.1) is 5.56 Å². The van der Waals surface area contributed by atoms with Crippen molar-refractivity contribution in [1.29, 1.82) is 0 Å². The molecule has 3 N–H and O–H groups in total. The average Bonchev–Trinajstić information content (AvgIpc) is 2.20. The van der Waals surface area contributed by atoms with Crippen LogP contribution in [0.4, 0.5) is 0 Å². The van der Waals surface area contributed by atoms with Crippen LogP contribution >= 0.6 is 0 Å². The Bertz CT molecular complexity index is 396. The van der Waals surface area contributed by atoms with E-state index in [9.17, 15) is 15.0 Å². The molecule has 0 bridgehead atoms. The molecule has 0 heterocycles. The Labute approximate surface area is 94.2 Å². The largest absolute Gasteiger partial charge is 0.507 e. The van der Waals surface area contributed by atoms with Crippen LogP contribution in [0.5, 0.6) is 17.2 Å². The van der Waals surface area contributed by atoms with Crippen LogP contribution in [0.15, 0.2) is 12.1 Å². The quantitative estimate of drug-likeness (QED) is 0.417. The molecule has 4 heteroatoms. The number of rotatable bonds is 4. The molecular weight excluding hydrogens is 208 g/mol. The highest BCUT2D eigenvalue weighted by atomic mass is 16.3. The number of Topliss-reactive ketones (excluding diaryl/α,β-unsaturated/α-hetero) is 1. The first kappa shape index (κ1) is 12.4.